The van der Waals surface area contributed by atoms with Crippen molar-refractivity contribution in [2.75, 3.05) is 12.4 Å². The number of carbonyl (C=O) groups is 1. The lowest BCUT2D eigenvalue weighted by Gasteiger charge is -2.10. The Morgan fingerprint density at radius 2 is 2.26 bits per heavy atom. The smallest absolute Gasteiger partial charge is 0.257 e. The van der Waals surface area contributed by atoms with Crippen molar-refractivity contribution in [1.82, 2.24) is 4.98 Å². The van der Waals surface area contributed by atoms with E-state index < -0.39 is 0 Å². The molecule has 0 saturated carbocycles. The minimum atomic E-state index is -0.248. The van der Waals surface area contributed by atoms with Crippen LogP contribution in [0.1, 0.15) is 15.9 Å². The molecule has 2 aromatic rings. The van der Waals surface area contributed by atoms with Crippen molar-refractivity contribution in [3.63, 3.8) is 0 Å². The fourth-order valence-corrected chi connectivity index (χ4v) is 1.68. The van der Waals surface area contributed by atoms with Gasteiger partial charge in [-0.15, -0.1) is 0 Å². The largest absolute Gasteiger partial charge is 0.496 e. The van der Waals surface area contributed by atoms with Crippen LogP contribution >= 0.6 is 0 Å². The van der Waals surface area contributed by atoms with Gasteiger partial charge < -0.3 is 15.2 Å². The Bertz CT molecular complexity index is 570. The number of nitrogens with zero attached hydrogens (tertiary/aromatic N) is 1. The van der Waals surface area contributed by atoms with Crippen LogP contribution in [0.3, 0.4) is 0 Å². The maximum Gasteiger partial charge on any atom is 0.257 e. The zero-order chi connectivity index (χ0) is 13.7. The molecule has 5 nitrogen and oxygen atoms in total. The highest BCUT2D eigenvalue weighted by Gasteiger charge is 2.08. The van der Waals surface area contributed by atoms with Gasteiger partial charge in [0, 0.05) is 23.6 Å². The number of nitrogens with one attached hydrogen (secondary N) is 1. The van der Waals surface area contributed by atoms with Gasteiger partial charge in [-0.2, -0.15) is 0 Å². The molecule has 1 aromatic heterocycles. The van der Waals surface area contributed by atoms with Crippen molar-refractivity contribution >= 4 is 11.6 Å². The molecule has 0 aliphatic carbocycles. The molecule has 0 unspecified atom stereocenters. The first kappa shape index (κ1) is 13.0. The van der Waals surface area contributed by atoms with E-state index in [2.05, 4.69) is 10.3 Å². The Hall–Kier alpha value is -2.40. The molecule has 2 N–H and O–H groups in total. The molecule has 0 fully saturated rings. The lowest BCUT2D eigenvalue weighted by atomic mass is 10.1. The number of aromatic nitrogens is 1. The maximum atomic E-state index is 11.9. The molecular weight excluding hydrogens is 244 g/mol. The van der Waals surface area contributed by atoms with Crippen LogP contribution < -0.4 is 10.1 Å². The first-order valence-corrected chi connectivity index (χ1v) is 5.73. The van der Waals surface area contributed by atoms with E-state index in [9.17, 15) is 9.90 Å². The van der Waals surface area contributed by atoms with Crippen LogP contribution in [0.2, 0.25) is 0 Å². The second-order valence-corrected chi connectivity index (χ2v) is 3.88. The minimum Gasteiger partial charge on any atom is -0.496 e. The molecule has 1 heterocycles. The molecule has 0 aliphatic rings. The molecule has 19 heavy (non-hydrogen) atoms. The van der Waals surface area contributed by atoms with Gasteiger partial charge in [-0.3, -0.25) is 9.78 Å². The van der Waals surface area contributed by atoms with Gasteiger partial charge >= 0.3 is 0 Å². The van der Waals surface area contributed by atoms with Crippen LogP contribution in [0.5, 0.6) is 5.75 Å². The summed E-state index contributed by atoms with van der Waals surface area (Å²) >= 11 is 0. The number of aliphatic hydroxyl groups excluding tert-OH is 1. The van der Waals surface area contributed by atoms with Crippen LogP contribution in [-0.2, 0) is 6.61 Å². The zero-order valence-electron chi connectivity index (χ0n) is 10.5. The number of methoxy groups -OCH3 is 1. The predicted molar refractivity (Wildman–Crippen MR) is 71.1 cm³/mol. The molecule has 1 aromatic carbocycles. The molecule has 2 rings (SSSR count). The van der Waals surface area contributed by atoms with E-state index in [1.54, 1.807) is 36.5 Å². The third-order valence-corrected chi connectivity index (χ3v) is 2.63. The summed E-state index contributed by atoms with van der Waals surface area (Å²) in [6.07, 6.45) is 3.10. The minimum absolute atomic E-state index is 0.153. The quantitative estimate of drug-likeness (QED) is 0.877. The highest BCUT2D eigenvalue weighted by atomic mass is 16.5. The summed E-state index contributed by atoms with van der Waals surface area (Å²) in [5.74, 6) is 0.337. The monoisotopic (exact) mass is 258 g/mol. The summed E-state index contributed by atoms with van der Waals surface area (Å²) in [5.41, 5.74) is 1.69. The molecule has 0 atom stereocenters. The molecule has 0 aliphatic heterocycles. The van der Waals surface area contributed by atoms with Crippen LogP contribution in [-0.4, -0.2) is 23.1 Å². The standard InChI is InChI=1S/C14H14N2O3/c1-19-13-5-4-12(7-11(13)9-17)16-14(18)10-3-2-6-15-8-10/h2-8,17H,9H2,1H3,(H,16,18). The zero-order valence-corrected chi connectivity index (χ0v) is 10.5. The second kappa shape index (κ2) is 5.97. The van der Waals surface area contributed by atoms with Gasteiger partial charge in [-0.25, -0.2) is 0 Å². The number of ether oxygens (including phenoxy) is 1. The third kappa shape index (κ3) is 3.08. The van der Waals surface area contributed by atoms with E-state index >= 15 is 0 Å². The van der Waals surface area contributed by atoms with E-state index in [-0.39, 0.29) is 12.5 Å². The normalized spacial score (nSPS) is 10.0. The summed E-state index contributed by atoms with van der Waals surface area (Å²) in [6, 6.07) is 8.46. The van der Waals surface area contributed by atoms with Crippen molar-refractivity contribution in [2.24, 2.45) is 0 Å². The summed E-state index contributed by atoms with van der Waals surface area (Å²) < 4.78 is 5.10. The number of aliphatic hydroxyl groups is 1. The summed E-state index contributed by atoms with van der Waals surface area (Å²) in [6.45, 7) is -0.153. The van der Waals surface area contributed by atoms with Gasteiger partial charge in [0.1, 0.15) is 5.75 Å². The number of anilines is 1. The van der Waals surface area contributed by atoms with Gasteiger partial charge in [-0.1, -0.05) is 0 Å². The molecular formula is C14H14N2O3. The lowest BCUT2D eigenvalue weighted by molar-refractivity contribution is 0.102. The van der Waals surface area contributed by atoms with E-state index in [1.165, 1.54) is 13.3 Å². The second-order valence-electron chi connectivity index (χ2n) is 3.88. The number of hydrogen-bond acceptors (Lipinski definition) is 4. The van der Waals surface area contributed by atoms with E-state index in [4.69, 9.17) is 4.74 Å². The average molecular weight is 258 g/mol. The Balaban J connectivity index is 2.18. The maximum absolute atomic E-state index is 11.9. The van der Waals surface area contributed by atoms with Crippen molar-refractivity contribution in [3.8, 4) is 5.75 Å². The molecule has 5 heteroatoms. The molecule has 0 spiro atoms. The first-order valence-electron chi connectivity index (χ1n) is 5.73. The van der Waals surface area contributed by atoms with Crippen molar-refractivity contribution < 1.29 is 14.6 Å². The highest BCUT2D eigenvalue weighted by molar-refractivity contribution is 6.04. The Morgan fingerprint density at radius 3 is 2.89 bits per heavy atom. The van der Waals surface area contributed by atoms with Gasteiger partial charge in [0.2, 0.25) is 0 Å². The van der Waals surface area contributed by atoms with Crippen molar-refractivity contribution in [3.05, 3.63) is 53.9 Å². The molecule has 1 amide bonds. The number of amides is 1. The molecule has 0 bridgehead atoms. The van der Waals surface area contributed by atoms with E-state index in [0.717, 1.165) is 0 Å². The van der Waals surface area contributed by atoms with E-state index in [0.29, 0.717) is 22.6 Å². The average Bonchev–Trinajstić information content (AvgIpc) is 2.48. The Kier molecular flexibility index (Phi) is 4.10. The Morgan fingerprint density at radius 1 is 1.42 bits per heavy atom. The van der Waals surface area contributed by atoms with Crippen LogP contribution in [0.4, 0.5) is 5.69 Å². The summed E-state index contributed by atoms with van der Waals surface area (Å²) in [4.78, 5) is 15.8. The Labute approximate surface area is 110 Å². The number of rotatable bonds is 4. The van der Waals surface area contributed by atoms with Crippen LogP contribution in [0.25, 0.3) is 0 Å². The molecule has 0 radical (unpaired) electrons. The number of pyridine rings is 1. The third-order valence-electron chi connectivity index (χ3n) is 2.63. The first-order chi connectivity index (χ1) is 9.24. The van der Waals surface area contributed by atoms with Gasteiger partial charge in [0.25, 0.3) is 5.91 Å². The number of hydrogen-bond donors (Lipinski definition) is 2. The van der Waals surface area contributed by atoms with Gasteiger partial charge in [0.15, 0.2) is 0 Å². The SMILES string of the molecule is COc1ccc(NC(=O)c2cccnc2)cc1CO. The number of benzene rings is 1. The summed E-state index contributed by atoms with van der Waals surface area (Å²) in [5, 5.41) is 12.0. The molecule has 0 saturated heterocycles. The topological polar surface area (TPSA) is 71.5 Å². The predicted octanol–water partition coefficient (Wildman–Crippen LogP) is 1.83. The van der Waals surface area contributed by atoms with E-state index in [1.807, 2.05) is 0 Å². The fourth-order valence-electron chi connectivity index (χ4n) is 1.68. The fraction of sp³-hybridized carbons (Fsp3) is 0.143. The van der Waals surface area contributed by atoms with Crippen molar-refractivity contribution in [2.45, 2.75) is 6.61 Å². The van der Waals surface area contributed by atoms with Gasteiger partial charge in [-0.05, 0) is 30.3 Å². The van der Waals surface area contributed by atoms with Crippen LogP contribution in [0.15, 0.2) is 42.7 Å². The van der Waals surface area contributed by atoms with Gasteiger partial charge in [0.05, 0.1) is 19.3 Å². The molecule has 98 valence electrons. The van der Waals surface area contributed by atoms with Crippen LogP contribution in [0, 0.1) is 0 Å². The summed E-state index contributed by atoms with van der Waals surface area (Å²) in [7, 11) is 1.53. The lowest BCUT2D eigenvalue weighted by Crippen LogP contribution is -2.12. The number of carbonyl (C=O) groups excluding carboxylic acids is 1. The van der Waals surface area contributed by atoms with Crippen molar-refractivity contribution in [1.29, 1.82) is 0 Å². The highest BCUT2D eigenvalue weighted by Crippen LogP contribution is 2.22.